The first-order valence-corrected chi connectivity index (χ1v) is 5.92. The summed E-state index contributed by atoms with van der Waals surface area (Å²) in [6.07, 6.45) is 1.74. The first-order valence-electron chi connectivity index (χ1n) is 5.92. The Morgan fingerprint density at radius 1 is 1.50 bits per heavy atom. The van der Waals surface area contributed by atoms with E-state index in [0.29, 0.717) is 13.0 Å². The van der Waals surface area contributed by atoms with Gasteiger partial charge in [0.1, 0.15) is 6.04 Å². The Morgan fingerprint density at radius 3 is 2.70 bits per heavy atom. The van der Waals surface area contributed by atoms with Crippen LogP contribution < -0.4 is 16.4 Å². The molecule has 0 saturated carbocycles. The van der Waals surface area contributed by atoms with Gasteiger partial charge in [0.15, 0.2) is 0 Å². The number of nitrogens with one attached hydrogen (secondary N) is 2. The van der Waals surface area contributed by atoms with Crippen LogP contribution in [-0.4, -0.2) is 45.4 Å². The molecule has 9 nitrogen and oxygen atoms in total. The van der Waals surface area contributed by atoms with Crippen molar-refractivity contribution in [2.24, 2.45) is 12.8 Å². The van der Waals surface area contributed by atoms with Crippen molar-refractivity contribution in [2.75, 3.05) is 6.54 Å². The molecule has 5 N–H and O–H groups in total. The van der Waals surface area contributed by atoms with Crippen LogP contribution in [0, 0.1) is 0 Å². The van der Waals surface area contributed by atoms with Crippen LogP contribution >= 0.6 is 0 Å². The van der Waals surface area contributed by atoms with E-state index in [4.69, 9.17) is 10.8 Å². The van der Waals surface area contributed by atoms with Crippen molar-refractivity contribution in [1.29, 1.82) is 0 Å². The van der Waals surface area contributed by atoms with Gasteiger partial charge in [-0.05, 0) is 6.07 Å². The molecule has 20 heavy (non-hydrogen) atoms. The Bertz CT molecular complexity index is 499. The lowest BCUT2D eigenvalue weighted by Gasteiger charge is -2.13. The SMILES string of the molecule is Cn1nccc1CCNC(=O)NC(CC(N)=O)C(=O)O. The Labute approximate surface area is 115 Å². The molecule has 0 radical (unpaired) electrons. The van der Waals surface area contributed by atoms with Crippen LogP contribution in [0.5, 0.6) is 0 Å². The van der Waals surface area contributed by atoms with Gasteiger partial charge in [0, 0.05) is 31.9 Å². The van der Waals surface area contributed by atoms with Crippen LogP contribution in [0.15, 0.2) is 12.3 Å². The third-order valence-corrected chi connectivity index (χ3v) is 2.60. The zero-order valence-corrected chi connectivity index (χ0v) is 11.0. The molecule has 1 heterocycles. The van der Waals surface area contributed by atoms with Crippen LogP contribution in [0.25, 0.3) is 0 Å². The van der Waals surface area contributed by atoms with Crippen molar-refractivity contribution < 1.29 is 19.5 Å². The number of nitrogens with zero attached hydrogens (tertiary/aromatic N) is 2. The first-order chi connectivity index (χ1) is 9.40. The van der Waals surface area contributed by atoms with Crippen molar-refractivity contribution in [1.82, 2.24) is 20.4 Å². The maximum atomic E-state index is 11.5. The van der Waals surface area contributed by atoms with Crippen LogP contribution in [-0.2, 0) is 23.1 Å². The number of aromatic nitrogens is 2. The molecular formula is C11H17N5O4. The van der Waals surface area contributed by atoms with Gasteiger partial charge < -0.3 is 21.5 Å². The maximum Gasteiger partial charge on any atom is 0.326 e. The Balaban J connectivity index is 2.36. The lowest BCUT2D eigenvalue weighted by Crippen LogP contribution is -2.48. The quantitative estimate of drug-likeness (QED) is 0.487. The number of aliphatic carboxylic acids is 1. The molecular weight excluding hydrogens is 266 g/mol. The van der Waals surface area contributed by atoms with Gasteiger partial charge in [-0.15, -0.1) is 0 Å². The molecule has 1 aromatic rings. The van der Waals surface area contributed by atoms with Gasteiger partial charge in [0.25, 0.3) is 0 Å². The lowest BCUT2D eigenvalue weighted by atomic mass is 10.2. The van der Waals surface area contributed by atoms with Crippen molar-refractivity contribution in [3.63, 3.8) is 0 Å². The molecule has 0 aliphatic carbocycles. The summed E-state index contributed by atoms with van der Waals surface area (Å²) in [5.74, 6) is -2.11. The van der Waals surface area contributed by atoms with Crippen molar-refractivity contribution in [2.45, 2.75) is 18.9 Å². The third-order valence-electron chi connectivity index (χ3n) is 2.60. The van der Waals surface area contributed by atoms with Gasteiger partial charge in [0.05, 0.1) is 6.42 Å². The molecule has 110 valence electrons. The summed E-state index contributed by atoms with van der Waals surface area (Å²) in [6, 6.07) is -0.183. The lowest BCUT2D eigenvalue weighted by molar-refractivity contribution is -0.140. The molecule has 0 fully saturated rings. The van der Waals surface area contributed by atoms with E-state index >= 15 is 0 Å². The molecule has 1 unspecified atom stereocenters. The Morgan fingerprint density at radius 2 is 2.20 bits per heavy atom. The highest BCUT2D eigenvalue weighted by molar-refractivity contribution is 5.87. The van der Waals surface area contributed by atoms with Crippen LogP contribution in [0.2, 0.25) is 0 Å². The number of carbonyl (C=O) groups is 3. The van der Waals surface area contributed by atoms with E-state index in [9.17, 15) is 14.4 Å². The smallest absolute Gasteiger partial charge is 0.326 e. The number of carbonyl (C=O) groups excluding carboxylic acids is 2. The van der Waals surface area contributed by atoms with E-state index in [1.165, 1.54) is 0 Å². The number of primary amides is 1. The summed E-state index contributed by atoms with van der Waals surface area (Å²) in [4.78, 5) is 33.0. The highest BCUT2D eigenvalue weighted by Crippen LogP contribution is 1.96. The number of hydrogen-bond donors (Lipinski definition) is 4. The third kappa shape index (κ3) is 4.96. The monoisotopic (exact) mass is 283 g/mol. The molecule has 0 aliphatic heterocycles. The summed E-state index contributed by atoms with van der Waals surface area (Å²) in [7, 11) is 1.78. The first kappa shape index (κ1) is 15.5. The molecule has 1 aromatic heterocycles. The van der Waals surface area contributed by atoms with Crippen molar-refractivity contribution in [3.8, 4) is 0 Å². The number of rotatable bonds is 7. The fraction of sp³-hybridized carbons (Fsp3) is 0.455. The summed E-state index contributed by atoms with van der Waals surface area (Å²) in [5, 5.41) is 17.5. The summed E-state index contributed by atoms with van der Waals surface area (Å²) in [5.41, 5.74) is 5.83. The van der Waals surface area contributed by atoms with Crippen LogP contribution in [0.1, 0.15) is 12.1 Å². The minimum Gasteiger partial charge on any atom is -0.480 e. The van der Waals surface area contributed by atoms with Crippen molar-refractivity contribution in [3.05, 3.63) is 18.0 Å². The highest BCUT2D eigenvalue weighted by Gasteiger charge is 2.21. The largest absolute Gasteiger partial charge is 0.480 e. The average molecular weight is 283 g/mol. The second kappa shape index (κ2) is 7.12. The summed E-state index contributed by atoms with van der Waals surface area (Å²) in [6.45, 7) is 0.314. The molecule has 0 spiro atoms. The molecule has 0 aliphatic rings. The topological polar surface area (TPSA) is 139 Å². The zero-order valence-electron chi connectivity index (χ0n) is 11.0. The second-order valence-electron chi connectivity index (χ2n) is 4.16. The summed E-state index contributed by atoms with van der Waals surface area (Å²) >= 11 is 0. The Kier molecular flexibility index (Phi) is 5.51. The van der Waals surface area contributed by atoms with Gasteiger partial charge >= 0.3 is 12.0 Å². The average Bonchev–Trinajstić information content (AvgIpc) is 2.73. The molecule has 1 atom stereocenters. The van der Waals surface area contributed by atoms with Gasteiger partial charge in [-0.3, -0.25) is 9.48 Å². The van der Waals surface area contributed by atoms with E-state index in [1.54, 1.807) is 17.9 Å². The van der Waals surface area contributed by atoms with Gasteiger partial charge in [-0.2, -0.15) is 5.10 Å². The van der Waals surface area contributed by atoms with Gasteiger partial charge in [-0.1, -0.05) is 0 Å². The second-order valence-corrected chi connectivity index (χ2v) is 4.16. The van der Waals surface area contributed by atoms with Crippen LogP contribution in [0.4, 0.5) is 4.79 Å². The van der Waals surface area contributed by atoms with Crippen LogP contribution in [0.3, 0.4) is 0 Å². The van der Waals surface area contributed by atoms with E-state index in [1.807, 2.05) is 6.07 Å². The van der Waals surface area contributed by atoms with Crippen molar-refractivity contribution >= 4 is 17.9 Å². The standard InChI is InChI=1S/C11H17N5O4/c1-16-7(3-5-14-16)2-4-13-11(20)15-8(10(18)19)6-9(12)17/h3,5,8H,2,4,6H2,1H3,(H2,12,17)(H,18,19)(H2,13,15,20). The fourth-order valence-corrected chi connectivity index (χ4v) is 1.56. The predicted octanol–water partition coefficient (Wildman–Crippen LogP) is -1.41. The molecule has 3 amide bonds. The minimum absolute atomic E-state index is 0.314. The number of carboxylic acids is 1. The minimum atomic E-state index is -1.33. The number of hydrogen-bond acceptors (Lipinski definition) is 4. The number of amides is 3. The van der Waals surface area contributed by atoms with Gasteiger partial charge in [0.2, 0.25) is 5.91 Å². The van der Waals surface area contributed by atoms with Gasteiger partial charge in [-0.25, -0.2) is 9.59 Å². The molecule has 0 saturated heterocycles. The Hall–Kier alpha value is -2.58. The number of urea groups is 1. The molecule has 0 bridgehead atoms. The zero-order chi connectivity index (χ0) is 15.1. The highest BCUT2D eigenvalue weighted by atomic mass is 16.4. The predicted molar refractivity (Wildman–Crippen MR) is 68.7 cm³/mol. The number of aryl methyl sites for hydroxylation is 1. The normalized spacial score (nSPS) is 11.7. The fourth-order valence-electron chi connectivity index (χ4n) is 1.56. The van der Waals surface area contributed by atoms with E-state index in [-0.39, 0.29) is 0 Å². The number of carboxylic acid groups (broad SMARTS) is 1. The maximum absolute atomic E-state index is 11.5. The van der Waals surface area contributed by atoms with E-state index in [0.717, 1.165) is 5.69 Å². The molecule has 9 heteroatoms. The van der Waals surface area contributed by atoms with E-state index in [2.05, 4.69) is 15.7 Å². The van der Waals surface area contributed by atoms with E-state index < -0.39 is 30.4 Å². The molecule has 0 aromatic carbocycles. The number of nitrogens with two attached hydrogens (primary N) is 1. The summed E-state index contributed by atoms with van der Waals surface area (Å²) < 4.78 is 1.67. The molecule has 1 rings (SSSR count).